The van der Waals surface area contributed by atoms with Crippen molar-refractivity contribution in [2.45, 2.75) is 0 Å². The van der Waals surface area contributed by atoms with Crippen LogP contribution in [0.25, 0.3) is 0 Å². The minimum absolute atomic E-state index is 0.0139. The smallest absolute Gasteiger partial charge is 0.342 e. The molecule has 0 fully saturated rings. The number of aliphatic hydroxyl groups excluding tert-OH is 1. The van der Waals surface area contributed by atoms with Crippen molar-refractivity contribution in [3.8, 4) is 0 Å². The maximum Gasteiger partial charge on any atom is 0.342 e. The first-order valence-electron chi connectivity index (χ1n) is 1.88. The van der Waals surface area contributed by atoms with Crippen LogP contribution in [0.3, 0.4) is 0 Å². The van der Waals surface area contributed by atoms with Crippen LogP contribution in [0.15, 0.2) is 10.6 Å². The van der Waals surface area contributed by atoms with E-state index in [1.807, 2.05) is 0 Å². The van der Waals surface area contributed by atoms with Gasteiger partial charge < -0.3 is 10.2 Å². The third-order valence-corrected chi connectivity index (χ3v) is 1.14. The summed E-state index contributed by atoms with van der Waals surface area (Å²) in [5.41, 5.74) is 0. The van der Waals surface area contributed by atoms with Gasteiger partial charge in [-0.05, 0) is 22.0 Å². The minimum atomic E-state index is -1.07. The highest BCUT2D eigenvalue weighted by Crippen LogP contribution is 2.02. The Morgan fingerprint density at radius 1 is 1.75 bits per heavy atom. The predicted molar refractivity (Wildman–Crippen MR) is 31.7 cm³/mol. The lowest BCUT2D eigenvalue weighted by atomic mass is 10.5. The summed E-state index contributed by atoms with van der Waals surface area (Å²) in [6.45, 7) is -0.257. The lowest BCUT2D eigenvalue weighted by Crippen LogP contribution is -1.93. The largest absolute Gasteiger partial charge is 0.477 e. The number of hydrogen-bond acceptors (Lipinski definition) is 2. The van der Waals surface area contributed by atoms with E-state index in [4.69, 9.17) is 10.2 Å². The normalized spacial score (nSPS) is 11.5. The first-order valence-corrected chi connectivity index (χ1v) is 2.67. The van der Waals surface area contributed by atoms with E-state index in [0.717, 1.165) is 6.08 Å². The molecule has 0 heterocycles. The van der Waals surface area contributed by atoms with Crippen LogP contribution in [-0.2, 0) is 4.79 Å². The number of aliphatic hydroxyl groups is 1. The zero-order chi connectivity index (χ0) is 6.57. The second-order valence-corrected chi connectivity index (χ2v) is 1.89. The molecule has 0 aliphatic heterocycles. The number of carboxylic acid groups (broad SMARTS) is 1. The third-order valence-electron chi connectivity index (χ3n) is 0.475. The first kappa shape index (κ1) is 7.65. The van der Waals surface area contributed by atoms with Gasteiger partial charge in [-0.2, -0.15) is 0 Å². The summed E-state index contributed by atoms with van der Waals surface area (Å²) in [6, 6.07) is 0. The Bertz CT molecular complexity index is 118. The standard InChI is InChI=1S/C4H5BrO3/c5-3(1-2-6)4(7)8/h1,6H,2H2,(H,7,8)/b3-1-. The lowest BCUT2D eigenvalue weighted by Gasteiger charge is -1.84. The van der Waals surface area contributed by atoms with Crippen LogP contribution in [0.5, 0.6) is 0 Å². The summed E-state index contributed by atoms with van der Waals surface area (Å²) in [4.78, 5) is 9.86. The lowest BCUT2D eigenvalue weighted by molar-refractivity contribution is -0.131. The topological polar surface area (TPSA) is 57.5 Å². The second kappa shape index (κ2) is 3.63. The van der Waals surface area contributed by atoms with E-state index in [9.17, 15) is 4.79 Å². The summed E-state index contributed by atoms with van der Waals surface area (Å²) < 4.78 is -0.0139. The van der Waals surface area contributed by atoms with Gasteiger partial charge in [0.15, 0.2) is 0 Å². The van der Waals surface area contributed by atoms with Crippen molar-refractivity contribution in [2.24, 2.45) is 0 Å². The molecule has 0 rings (SSSR count). The molecule has 0 aliphatic carbocycles. The van der Waals surface area contributed by atoms with Crippen LogP contribution in [0.2, 0.25) is 0 Å². The number of carbonyl (C=O) groups is 1. The van der Waals surface area contributed by atoms with E-state index in [1.54, 1.807) is 0 Å². The molecule has 3 nitrogen and oxygen atoms in total. The molecule has 0 amide bonds. The fraction of sp³-hybridized carbons (Fsp3) is 0.250. The van der Waals surface area contributed by atoms with E-state index < -0.39 is 5.97 Å². The van der Waals surface area contributed by atoms with Gasteiger partial charge in [0, 0.05) is 0 Å². The number of aliphatic carboxylic acids is 1. The molecule has 0 saturated heterocycles. The molecule has 46 valence electrons. The van der Waals surface area contributed by atoms with Gasteiger partial charge >= 0.3 is 5.97 Å². The maximum absolute atomic E-state index is 9.86. The molecule has 0 bridgehead atoms. The summed E-state index contributed by atoms with van der Waals surface area (Å²) in [7, 11) is 0. The summed E-state index contributed by atoms with van der Waals surface area (Å²) in [5.74, 6) is -1.07. The van der Waals surface area contributed by atoms with Gasteiger partial charge in [-0.25, -0.2) is 4.79 Å². The fourth-order valence-electron chi connectivity index (χ4n) is 0.167. The van der Waals surface area contributed by atoms with E-state index >= 15 is 0 Å². The van der Waals surface area contributed by atoms with Gasteiger partial charge in [-0.3, -0.25) is 0 Å². The number of carboxylic acids is 1. The van der Waals surface area contributed by atoms with Crippen LogP contribution in [0.1, 0.15) is 0 Å². The molecule has 0 aromatic rings. The van der Waals surface area contributed by atoms with Crippen molar-refractivity contribution in [1.29, 1.82) is 0 Å². The molecule has 0 unspecified atom stereocenters. The van der Waals surface area contributed by atoms with Crippen molar-refractivity contribution in [2.75, 3.05) is 6.61 Å². The van der Waals surface area contributed by atoms with Crippen molar-refractivity contribution in [3.63, 3.8) is 0 Å². The van der Waals surface area contributed by atoms with Gasteiger partial charge in [0.1, 0.15) is 4.48 Å². The van der Waals surface area contributed by atoms with Crippen molar-refractivity contribution < 1.29 is 15.0 Å². The molecule has 0 aromatic heterocycles. The minimum Gasteiger partial charge on any atom is -0.477 e. The van der Waals surface area contributed by atoms with Gasteiger partial charge in [0.2, 0.25) is 0 Å². The molecular weight excluding hydrogens is 176 g/mol. The van der Waals surface area contributed by atoms with Crippen LogP contribution >= 0.6 is 15.9 Å². The van der Waals surface area contributed by atoms with Crippen LogP contribution in [0.4, 0.5) is 0 Å². The number of hydrogen-bond donors (Lipinski definition) is 2. The van der Waals surface area contributed by atoms with E-state index in [2.05, 4.69) is 15.9 Å². The Labute approximate surface area is 54.8 Å². The second-order valence-electron chi connectivity index (χ2n) is 1.04. The molecule has 0 atom stereocenters. The van der Waals surface area contributed by atoms with Gasteiger partial charge in [0.05, 0.1) is 6.61 Å². The molecule has 2 N–H and O–H groups in total. The molecule has 0 spiro atoms. The number of halogens is 1. The average Bonchev–Trinajstić information content (AvgIpc) is 1.67. The monoisotopic (exact) mass is 180 g/mol. The van der Waals surface area contributed by atoms with Gasteiger partial charge in [-0.1, -0.05) is 0 Å². The average molecular weight is 181 g/mol. The zero-order valence-electron chi connectivity index (χ0n) is 3.97. The van der Waals surface area contributed by atoms with Crippen LogP contribution in [-0.4, -0.2) is 22.8 Å². The highest BCUT2D eigenvalue weighted by Gasteiger charge is 1.98. The predicted octanol–water partition coefficient (Wildman–Crippen LogP) is 0.342. The van der Waals surface area contributed by atoms with Crippen molar-refractivity contribution in [3.05, 3.63) is 10.6 Å². The highest BCUT2D eigenvalue weighted by molar-refractivity contribution is 9.12. The first-order chi connectivity index (χ1) is 3.68. The Hall–Kier alpha value is -0.350. The Balaban J connectivity index is 3.80. The molecule has 0 saturated carbocycles. The quantitative estimate of drug-likeness (QED) is 0.604. The Morgan fingerprint density at radius 3 is 2.38 bits per heavy atom. The Kier molecular flexibility index (Phi) is 3.47. The molecule has 0 aliphatic rings. The molecule has 4 heteroatoms. The fourth-order valence-corrected chi connectivity index (χ4v) is 0.312. The summed E-state index contributed by atoms with van der Waals surface area (Å²) in [6.07, 6.45) is 1.16. The SMILES string of the molecule is O=C(O)/C(Br)=C/CO. The van der Waals surface area contributed by atoms with Crippen LogP contribution in [0, 0.1) is 0 Å². The summed E-state index contributed by atoms with van der Waals surface area (Å²) >= 11 is 2.70. The summed E-state index contributed by atoms with van der Waals surface area (Å²) in [5, 5.41) is 16.2. The van der Waals surface area contributed by atoms with Gasteiger partial charge in [0.25, 0.3) is 0 Å². The van der Waals surface area contributed by atoms with E-state index in [0.29, 0.717) is 0 Å². The van der Waals surface area contributed by atoms with Crippen molar-refractivity contribution in [1.82, 2.24) is 0 Å². The Morgan fingerprint density at radius 2 is 2.25 bits per heavy atom. The molecule has 0 aromatic carbocycles. The zero-order valence-corrected chi connectivity index (χ0v) is 5.55. The van der Waals surface area contributed by atoms with E-state index in [-0.39, 0.29) is 11.1 Å². The maximum atomic E-state index is 9.86. The van der Waals surface area contributed by atoms with Crippen molar-refractivity contribution >= 4 is 21.9 Å². The third kappa shape index (κ3) is 2.76. The van der Waals surface area contributed by atoms with Gasteiger partial charge in [-0.15, -0.1) is 0 Å². The molecule has 0 radical (unpaired) electrons. The van der Waals surface area contributed by atoms with Crippen LogP contribution < -0.4 is 0 Å². The molecule has 8 heavy (non-hydrogen) atoms. The van der Waals surface area contributed by atoms with E-state index in [1.165, 1.54) is 0 Å². The molecular formula is C4H5BrO3. The highest BCUT2D eigenvalue weighted by atomic mass is 79.9. The number of rotatable bonds is 2.